The van der Waals surface area contributed by atoms with Gasteiger partial charge in [-0.05, 0) is 86.7 Å². The Labute approximate surface area is 289 Å². The molecule has 0 aliphatic rings. The zero-order chi connectivity index (χ0) is 35.9. The van der Waals surface area contributed by atoms with E-state index >= 15 is 0 Å². The van der Waals surface area contributed by atoms with E-state index in [-0.39, 0.29) is 24.8 Å². The number of fused-ring (bicyclic) bond motifs is 2. The summed E-state index contributed by atoms with van der Waals surface area (Å²) in [5, 5.41) is 16.8. The van der Waals surface area contributed by atoms with Crippen LogP contribution in [0.2, 0.25) is 0 Å². The number of nitrogens with zero attached hydrogens (tertiary/aromatic N) is 2. The normalized spacial score (nSPS) is 11.5. The van der Waals surface area contributed by atoms with Crippen LogP contribution in [0.5, 0.6) is 0 Å². The van der Waals surface area contributed by atoms with Gasteiger partial charge in [0.2, 0.25) is 5.91 Å². The lowest BCUT2D eigenvalue weighted by Crippen LogP contribution is -2.29. The van der Waals surface area contributed by atoms with Crippen LogP contribution in [0.25, 0.3) is 22.0 Å². The lowest BCUT2D eigenvalue weighted by atomic mass is 10.0. The van der Waals surface area contributed by atoms with Crippen molar-refractivity contribution in [2.75, 3.05) is 64.6 Å². The minimum Gasteiger partial charge on any atom is -0.459 e. The summed E-state index contributed by atoms with van der Waals surface area (Å²) in [6.07, 6.45) is 1.16. The second-order valence-electron chi connectivity index (χ2n) is 12.4. The number of rotatable bonds is 20. The summed E-state index contributed by atoms with van der Waals surface area (Å²) in [6.45, 7) is 10.6. The average molecular weight is 696 g/mol. The number of aromatic nitrogens is 2. The summed E-state index contributed by atoms with van der Waals surface area (Å²) in [5.41, 5.74) is 2.37. The fourth-order valence-corrected chi connectivity index (χ4v) is 4.83. The molecule has 0 aliphatic heterocycles. The monoisotopic (exact) mass is 695 g/mol. The van der Waals surface area contributed by atoms with E-state index < -0.39 is 17.2 Å². The molecule has 0 radical (unpaired) electrons. The van der Waals surface area contributed by atoms with Crippen LogP contribution in [0.1, 0.15) is 55.1 Å². The first-order chi connectivity index (χ1) is 24.0. The van der Waals surface area contributed by atoms with Crippen molar-refractivity contribution in [3.8, 4) is 0 Å². The Balaban J connectivity index is 1.01. The molecule has 2 amide bonds. The molecule has 0 aliphatic carbocycles. The smallest absolute Gasteiger partial charge is 0.340 e. The molecule has 270 valence electrons. The van der Waals surface area contributed by atoms with Gasteiger partial charge in [-0.1, -0.05) is 0 Å². The van der Waals surface area contributed by atoms with E-state index in [9.17, 15) is 19.2 Å². The summed E-state index contributed by atoms with van der Waals surface area (Å²) < 4.78 is 32.0. The van der Waals surface area contributed by atoms with Crippen LogP contribution in [-0.4, -0.2) is 93.0 Å². The summed E-state index contributed by atoms with van der Waals surface area (Å²) in [6, 6.07) is 10.2. The van der Waals surface area contributed by atoms with Gasteiger partial charge >= 0.3 is 11.6 Å². The molecule has 4 rings (SSSR count). The van der Waals surface area contributed by atoms with Gasteiger partial charge in [-0.15, -0.1) is 0 Å². The fourth-order valence-electron chi connectivity index (χ4n) is 4.83. The third kappa shape index (κ3) is 12.2. The number of aryl methyl sites for hydroxylation is 1. The molecule has 15 heteroatoms. The Hall–Kier alpha value is -4.86. The molecule has 0 fully saturated rings. The molecule has 0 saturated carbocycles. The summed E-state index contributed by atoms with van der Waals surface area (Å²) in [7, 11) is 0. The molecule has 0 bridgehead atoms. The lowest BCUT2D eigenvalue weighted by Gasteiger charge is -2.19. The van der Waals surface area contributed by atoms with Crippen LogP contribution in [0.4, 0.5) is 5.69 Å². The first-order valence-corrected chi connectivity index (χ1v) is 16.5. The topological polar surface area (TPSA) is 193 Å². The van der Waals surface area contributed by atoms with Gasteiger partial charge in [-0.2, -0.15) is 0 Å². The lowest BCUT2D eigenvalue weighted by molar-refractivity contribution is -0.152. The highest BCUT2D eigenvalue weighted by atomic mass is 16.6. The zero-order valence-electron chi connectivity index (χ0n) is 28.9. The number of hydrogen-bond acceptors (Lipinski definition) is 13. The number of nitrogens with one attached hydrogen (secondary N) is 3. The highest BCUT2D eigenvalue weighted by Crippen LogP contribution is 2.23. The van der Waals surface area contributed by atoms with Gasteiger partial charge in [0, 0.05) is 49.0 Å². The van der Waals surface area contributed by atoms with E-state index in [0.29, 0.717) is 110 Å². The van der Waals surface area contributed by atoms with Crippen LogP contribution >= 0.6 is 0 Å². The largest absolute Gasteiger partial charge is 0.459 e. The van der Waals surface area contributed by atoms with E-state index in [2.05, 4.69) is 30.9 Å². The van der Waals surface area contributed by atoms with Crippen LogP contribution in [0.3, 0.4) is 0 Å². The number of ether oxygens (including phenoxy) is 4. The summed E-state index contributed by atoms with van der Waals surface area (Å²) >= 11 is 0. The Bertz CT molecular complexity index is 1800. The molecule has 2 heterocycles. The Morgan fingerprint density at radius 3 is 2.18 bits per heavy atom. The third-order valence-electron chi connectivity index (χ3n) is 7.28. The second-order valence-corrected chi connectivity index (χ2v) is 12.4. The van der Waals surface area contributed by atoms with Crippen molar-refractivity contribution in [1.82, 2.24) is 20.9 Å². The number of carbonyl (C=O) groups is 3. The third-order valence-corrected chi connectivity index (χ3v) is 7.28. The first kappa shape index (κ1) is 38.0. The van der Waals surface area contributed by atoms with Gasteiger partial charge < -0.3 is 39.3 Å². The van der Waals surface area contributed by atoms with Gasteiger partial charge in [0.15, 0.2) is 0 Å². The van der Waals surface area contributed by atoms with Crippen molar-refractivity contribution in [3.63, 3.8) is 0 Å². The highest BCUT2D eigenvalue weighted by Gasteiger charge is 2.17. The minimum absolute atomic E-state index is 0.0326. The molecule has 4 aromatic rings. The molecule has 0 atom stereocenters. The van der Waals surface area contributed by atoms with Gasteiger partial charge in [-0.25, -0.2) is 9.42 Å². The molecule has 0 saturated heterocycles. The van der Waals surface area contributed by atoms with E-state index in [1.807, 2.05) is 0 Å². The average Bonchev–Trinajstić information content (AvgIpc) is 3.54. The molecule has 2 aromatic heterocycles. The fraction of sp³-hybridized carbons (Fsp3) is 0.486. The predicted molar refractivity (Wildman–Crippen MR) is 184 cm³/mol. The number of benzene rings is 2. The quantitative estimate of drug-likeness (QED) is 0.0693. The molecule has 15 nitrogen and oxygen atoms in total. The van der Waals surface area contributed by atoms with Gasteiger partial charge in [-0.3, -0.25) is 14.4 Å². The van der Waals surface area contributed by atoms with Gasteiger partial charge in [0.05, 0.1) is 38.4 Å². The molecular weight excluding hydrogens is 650 g/mol. The van der Waals surface area contributed by atoms with Gasteiger partial charge in [0.25, 0.3) is 5.91 Å². The van der Waals surface area contributed by atoms with E-state index in [0.717, 1.165) is 0 Å². The molecule has 2 aromatic carbocycles. The van der Waals surface area contributed by atoms with Crippen LogP contribution < -0.4 is 21.6 Å². The number of esters is 1. The SMILES string of the molecule is Cc1c(CC(=O)NCCCOCCOCCOCCCNC(=O)c2ccc3nonc3c2)c(=O)oc2cc(NCC(=O)OC(C)(C)C)ccc12. The summed E-state index contributed by atoms with van der Waals surface area (Å²) in [5.74, 6) is -0.888. The Kier molecular flexibility index (Phi) is 14.3. The Morgan fingerprint density at radius 2 is 1.48 bits per heavy atom. The number of anilines is 1. The molecule has 0 unspecified atom stereocenters. The molecular formula is C35H45N5O10. The van der Waals surface area contributed by atoms with Crippen molar-refractivity contribution >= 4 is 45.5 Å². The van der Waals surface area contributed by atoms with E-state index in [1.54, 1.807) is 64.1 Å². The number of hydrogen-bond donors (Lipinski definition) is 3. The van der Waals surface area contributed by atoms with Crippen molar-refractivity contribution in [3.05, 3.63) is 63.5 Å². The van der Waals surface area contributed by atoms with Crippen molar-refractivity contribution in [1.29, 1.82) is 0 Å². The number of carbonyl (C=O) groups excluding carboxylic acids is 3. The molecule has 50 heavy (non-hydrogen) atoms. The standard InChI is InChI=1S/C35H45N5O10/c1-23-26-9-8-25(38-22-32(42)49-35(2,3)4)20-30(26)48-34(44)27(23)21-31(41)36-11-5-13-45-15-17-47-18-16-46-14-6-12-37-33(43)24-7-10-28-29(19-24)40-50-39-28/h7-10,19-20,38H,5-6,11-18,21-22H2,1-4H3,(H,36,41)(H,37,43). The maximum Gasteiger partial charge on any atom is 0.340 e. The van der Waals surface area contributed by atoms with E-state index in [4.69, 9.17) is 23.4 Å². The Morgan fingerprint density at radius 1 is 0.820 bits per heavy atom. The van der Waals surface area contributed by atoms with E-state index in [1.165, 1.54) is 0 Å². The molecule has 3 N–H and O–H groups in total. The highest BCUT2D eigenvalue weighted by molar-refractivity contribution is 5.97. The van der Waals surface area contributed by atoms with Crippen LogP contribution in [0.15, 0.2) is 50.2 Å². The van der Waals surface area contributed by atoms with Crippen LogP contribution in [0, 0.1) is 6.92 Å². The van der Waals surface area contributed by atoms with Crippen molar-refractivity contribution < 1.29 is 42.4 Å². The van der Waals surface area contributed by atoms with Crippen molar-refractivity contribution in [2.45, 2.75) is 52.6 Å². The zero-order valence-corrected chi connectivity index (χ0v) is 28.9. The number of amides is 2. The first-order valence-electron chi connectivity index (χ1n) is 16.5. The summed E-state index contributed by atoms with van der Waals surface area (Å²) in [4.78, 5) is 49.5. The molecule has 0 spiro atoms. The second kappa shape index (κ2) is 18.8. The maximum atomic E-state index is 12.7. The minimum atomic E-state index is -0.584. The maximum absolute atomic E-state index is 12.7. The van der Waals surface area contributed by atoms with Crippen LogP contribution in [-0.2, 0) is 35.0 Å². The van der Waals surface area contributed by atoms with Crippen molar-refractivity contribution in [2.24, 2.45) is 0 Å². The predicted octanol–water partition coefficient (Wildman–Crippen LogP) is 3.31. The van der Waals surface area contributed by atoms with Gasteiger partial charge in [0.1, 0.15) is 28.8 Å².